The third kappa shape index (κ3) is 4.29. The molecule has 34 heavy (non-hydrogen) atoms. The van der Waals surface area contributed by atoms with E-state index >= 15 is 0 Å². The number of ether oxygens (including phenoxy) is 1. The minimum Gasteiger partial charge on any atom is -0.457 e. The molecule has 0 spiro atoms. The van der Waals surface area contributed by atoms with Crippen molar-refractivity contribution in [3.8, 4) is 23.3 Å². The molecule has 5 aromatic rings. The molecular weight excluding hydrogens is 442 g/mol. The van der Waals surface area contributed by atoms with Crippen molar-refractivity contribution < 1.29 is 4.74 Å². The first kappa shape index (κ1) is 20.6. The fourth-order valence-corrected chi connectivity index (χ4v) is 4.98. The van der Waals surface area contributed by atoms with Gasteiger partial charge in [-0.15, -0.1) is 11.3 Å². The second-order valence-corrected chi connectivity index (χ2v) is 9.12. The fraction of sp³-hybridized carbons (Fsp3) is 0.148. The molecule has 0 saturated carbocycles. The summed E-state index contributed by atoms with van der Waals surface area (Å²) >= 11 is 1.62. The Kier molecular flexibility index (Phi) is 5.52. The number of rotatable bonds is 4. The van der Waals surface area contributed by atoms with Gasteiger partial charge in [-0.25, -0.2) is 9.97 Å². The van der Waals surface area contributed by atoms with E-state index in [1.807, 2.05) is 36.4 Å². The topological polar surface area (TPSA) is 72.0 Å². The van der Waals surface area contributed by atoms with Gasteiger partial charge in [0.15, 0.2) is 5.82 Å². The largest absolute Gasteiger partial charge is 0.457 e. The zero-order valence-corrected chi connectivity index (χ0v) is 19.1. The molecule has 6 nitrogen and oxygen atoms in total. The minimum atomic E-state index is 0.291. The smallest absolute Gasteiger partial charge is 0.151 e. The van der Waals surface area contributed by atoms with Crippen LogP contribution in [0.1, 0.15) is 17.7 Å². The molecule has 1 saturated heterocycles. The van der Waals surface area contributed by atoms with Crippen molar-refractivity contribution in [2.75, 3.05) is 11.9 Å². The lowest BCUT2D eigenvalue weighted by molar-refractivity contribution is 0.487. The number of nitrogens with zero attached hydrogens (tertiary/aromatic N) is 3. The summed E-state index contributed by atoms with van der Waals surface area (Å²) in [6.07, 6.45) is 7.33. The van der Waals surface area contributed by atoms with Gasteiger partial charge in [-0.05, 0) is 67.2 Å². The Morgan fingerprint density at radius 3 is 2.88 bits per heavy atom. The summed E-state index contributed by atoms with van der Waals surface area (Å²) in [4.78, 5) is 14.0. The summed E-state index contributed by atoms with van der Waals surface area (Å²) < 4.78 is 7.07. The highest BCUT2D eigenvalue weighted by Crippen LogP contribution is 2.34. The lowest BCUT2D eigenvalue weighted by Crippen LogP contribution is -2.18. The average Bonchev–Trinajstić information content (AvgIpc) is 3.54. The van der Waals surface area contributed by atoms with Crippen molar-refractivity contribution in [2.45, 2.75) is 18.9 Å². The molecule has 0 bridgehead atoms. The van der Waals surface area contributed by atoms with Gasteiger partial charge in [0.05, 0.1) is 21.1 Å². The normalized spacial score (nSPS) is 15.2. The molecule has 1 aliphatic heterocycles. The van der Waals surface area contributed by atoms with Crippen LogP contribution in [-0.4, -0.2) is 27.5 Å². The number of aromatic nitrogens is 3. The highest BCUT2D eigenvalue weighted by Gasteiger charge is 2.12. The van der Waals surface area contributed by atoms with E-state index in [2.05, 4.69) is 55.6 Å². The number of fused-ring (bicyclic) bond motifs is 2. The van der Waals surface area contributed by atoms with Gasteiger partial charge in [-0.2, -0.15) is 0 Å². The van der Waals surface area contributed by atoms with Crippen molar-refractivity contribution in [3.05, 3.63) is 78.2 Å². The van der Waals surface area contributed by atoms with Crippen molar-refractivity contribution in [1.82, 2.24) is 20.3 Å². The van der Waals surface area contributed by atoms with Crippen LogP contribution in [0.25, 0.3) is 21.0 Å². The van der Waals surface area contributed by atoms with Gasteiger partial charge in [-0.3, -0.25) is 4.98 Å². The van der Waals surface area contributed by atoms with Crippen molar-refractivity contribution in [2.24, 2.45) is 0 Å². The van der Waals surface area contributed by atoms with E-state index in [-0.39, 0.29) is 0 Å². The summed E-state index contributed by atoms with van der Waals surface area (Å²) in [7, 11) is 0. The third-order valence-corrected chi connectivity index (χ3v) is 6.77. The standard InChI is InChI=1S/C27H21N5OS/c1-3-18-15-20(7-9-23(18)25(5-1)33-21-10-13-28-14-11-21)32-27-26-24(30-17-31-27)16-22(34-26)8-6-19-4-2-12-29-19/h1,3,5,7,9-11,13-17,19,29H,2,4,12H2,(H,30,31,32)/t19-/m1/s1. The molecule has 1 aliphatic rings. The Morgan fingerprint density at radius 1 is 1.06 bits per heavy atom. The molecule has 6 rings (SSSR count). The van der Waals surface area contributed by atoms with E-state index in [0.29, 0.717) is 6.04 Å². The number of benzene rings is 2. The van der Waals surface area contributed by atoms with Crippen LogP contribution in [0.3, 0.4) is 0 Å². The molecule has 166 valence electrons. The predicted octanol–water partition coefficient (Wildman–Crippen LogP) is 5.88. The summed E-state index contributed by atoms with van der Waals surface area (Å²) in [6.45, 7) is 1.05. The lowest BCUT2D eigenvalue weighted by Gasteiger charge is -2.11. The molecule has 4 heterocycles. The molecule has 1 atom stereocenters. The van der Waals surface area contributed by atoms with Gasteiger partial charge in [0.25, 0.3) is 0 Å². The number of hydrogen-bond acceptors (Lipinski definition) is 7. The predicted molar refractivity (Wildman–Crippen MR) is 137 cm³/mol. The Bertz CT molecular complexity index is 1530. The molecule has 7 heteroatoms. The zero-order chi connectivity index (χ0) is 22.7. The highest BCUT2D eigenvalue weighted by molar-refractivity contribution is 7.20. The summed E-state index contributed by atoms with van der Waals surface area (Å²) in [5, 5.41) is 8.99. The number of thiophene rings is 1. The molecule has 0 amide bonds. The third-order valence-electron chi connectivity index (χ3n) is 5.72. The van der Waals surface area contributed by atoms with Gasteiger partial charge in [-0.1, -0.05) is 24.0 Å². The summed E-state index contributed by atoms with van der Waals surface area (Å²) in [5.41, 5.74) is 1.85. The van der Waals surface area contributed by atoms with E-state index < -0.39 is 0 Å². The van der Waals surface area contributed by atoms with Crippen LogP contribution in [0.2, 0.25) is 0 Å². The Balaban J connectivity index is 1.28. The summed E-state index contributed by atoms with van der Waals surface area (Å²) in [6, 6.07) is 18.3. The van der Waals surface area contributed by atoms with Gasteiger partial charge >= 0.3 is 0 Å². The van der Waals surface area contributed by atoms with Crippen LogP contribution >= 0.6 is 11.3 Å². The van der Waals surface area contributed by atoms with E-state index in [4.69, 9.17) is 4.74 Å². The van der Waals surface area contributed by atoms with Crippen molar-refractivity contribution >= 4 is 43.8 Å². The van der Waals surface area contributed by atoms with Crippen LogP contribution in [0, 0.1) is 11.8 Å². The quantitative estimate of drug-likeness (QED) is 0.324. The van der Waals surface area contributed by atoms with E-state index in [1.165, 1.54) is 6.42 Å². The van der Waals surface area contributed by atoms with Gasteiger partial charge in [0.1, 0.15) is 17.8 Å². The van der Waals surface area contributed by atoms with E-state index in [0.717, 1.165) is 61.8 Å². The first-order chi connectivity index (χ1) is 16.8. The van der Waals surface area contributed by atoms with Gasteiger partial charge < -0.3 is 15.4 Å². The summed E-state index contributed by atoms with van der Waals surface area (Å²) in [5.74, 6) is 8.99. The number of nitrogens with one attached hydrogen (secondary N) is 2. The minimum absolute atomic E-state index is 0.291. The number of pyridine rings is 1. The molecule has 2 N–H and O–H groups in total. The Morgan fingerprint density at radius 2 is 2.00 bits per heavy atom. The molecule has 1 fully saturated rings. The van der Waals surface area contributed by atoms with Crippen molar-refractivity contribution in [3.63, 3.8) is 0 Å². The van der Waals surface area contributed by atoms with Crippen LogP contribution < -0.4 is 15.4 Å². The number of anilines is 2. The number of hydrogen-bond donors (Lipinski definition) is 2. The lowest BCUT2D eigenvalue weighted by atomic mass is 10.1. The first-order valence-corrected chi connectivity index (χ1v) is 12.0. The molecule has 0 aliphatic carbocycles. The van der Waals surface area contributed by atoms with Crippen LogP contribution in [0.5, 0.6) is 11.5 Å². The van der Waals surface area contributed by atoms with Crippen LogP contribution in [0.15, 0.2) is 73.3 Å². The monoisotopic (exact) mass is 463 g/mol. The SMILES string of the molecule is C(#C[C@H]1CCCN1)c1cc2ncnc(Nc3ccc4c(Oc5ccncc5)cccc4c3)c2s1. The first-order valence-electron chi connectivity index (χ1n) is 11.2. The molecule has 0 unspecified atom stereocenters. The maximum atomic E-state index is 6.07. The molecule has 0 radical (unpaired) electrons. The molecule has 3 aromatic heterocycles. The fourth-order valence-electron chi connectivity index (χ4n) is 4.06. The Labute approximate surface area is 201 Å². The Hall–Kier alpha value is -3.99. The highest BCUT2D eigenvalue weighted by atomic mass is 32.1. The van der Waals surface area contributed by atoms with E-state index in [1.54, 1.807) is 30.1 Å². The average molecular weight is 464 g/mol. The van der Waals surface area contributed by atoms with Gasteiger partial charge in [0, 0.05) is 23.5 Å². The molecular formula is C27H21N5OS. The van der Waals surface area contributed by atoms with Crippen LogP contribution in [0.4, 0.5) is 11.5 Å². The van der Waals surface area contributed by atoms with E-state index in [9.17, 15) is 0 Å². The second kappa shape index (κ2) is 9.10. The maximum Gasteiger partial charge on any atom is 0.151 e. The van der Waals surface area contributed by atoms with Gasteiger partial charge in [0.2, 0.25) is 0 Å². The zero-order valence-electron chi connectivity index (χ0n) is 18.3. The maximum absolute atomic E-state index is 6.07. The van der Waals surface area contributed by atoms with Crippen molar-refractivity contribution in [1.29, 1.82) is 0 Å². The second-order valence-electron chi connectivity index (χ2n) is 8.07. The van der Waals surface area contributed by atoms with Crippen LogP contribution in [-0.2, 0) is 0 Å². The molecule has 2 aromatic carbocycles.